The number of nitrogens with zero attached hydrogens (tertiary/aromatic N) is 1. The summed E-state index contributed by atoms with van der Waals surface area (Å²) in [6.07, 6.45) is -0.929. The molecule has 0 saturated carbocycles. The van der Waals surface area contributed by atoms with Gasteiger partial charge in [-0.25, -0.2) is 0 Å². The van der Waals surface area contributed by atoms with Gasteiger partial charge in [0.2, 0.25) is 0 Å². The van der Waals surface area contributed by atoms with E-state index in [1.807, 2.05) is 11.8 Å². The van der Waals surface area contributed by atoms with Crippen molar-refractivity contribution < 1.29 is 29.3 Å². The number of hydrogen-bond donors (Lipinski definition) is 2. The van der Waals surface area contributed by atoms with Crippen LogP contribution in [-0.4, -0.2) is 71.1 Å². The van der Waals surface area contributed by atoms with E-state index in [0.717, 1.165) is 12.8 Å². The summed E-state index contributed by atoms with van der Waals surface area (Å²) >= 11 is 0. The number of carbonyl (C=O) groups is 2. The molecule has 122 valence electrons. The maximum atomic E-state index is 11.2. The minimum atomic E-state index is -1.10. The number of carbonyl (C=O) groups excluding carboxylic acids is 2. The molecule has 0 bridgehead atoms. The monoisotopic (exact) mass is 303 g/mol. The molecule has 1 saturated heterocycles. The molecule has 4 atom stereocenters. The Morgan fingerprint density at radius 3 is 2.33 bits per heavy atom. The number of hydrogen-bond acceptors (Lipinski definition) is 7. The molecule has 0 spiro atoms. The normalized spacial score (nSPS) is 30.0. The molecule has 21 heavy (non-hydrogen) atoms. The van der Waals surface area contributed by atoms with Crippen LogP contribution in [0.15, 0.2) is 0 Å². The Labute approximate surface area is 124 Å². The zero-order valence-electron chi connectivity index (χ0n) is 12.8. The number of ether oxygens (including phenoxy) is 2. The van der Waals surface area contributed by atoms with Crippen molar-refractivity contribution in [2.45, 2.75) is 58.0 Å². The predicted molar refractivity (Wildman–Crippen MR) is 74.5 cm³/mol. The lowest BCUT2D eigenvalue weighted by molar-refractivity contribution is -0.196. The first kappa shape index (κ1) is 17.9. The molecule has 0 aliphatic carbocycles. The highest BCUT2D eigenvalue weighted by Gasteiger charge is 2.45. The van der Waals surface area contributed by atoms with Gasteiger partial charge in [-0.15, -0.1) is 0 Å². The van der Waals surface area contributed by atoms with E-state index < -0.39 is 36.3 Å². The summed E-state index contributed by atoms with van der Waals surface area (Å²) < 4.78 is 10.3. The van der Waals surface area contributed by atoms with E-state index in [-0.39, 0.29) is 6.61 Å². The van der Waals surface area contributed by atoms with Gasteiger partial charge in [-0.2, -0.15) is 0 Å². The summed E-state index contributed by atoms with van der Waals surface area (Å²) in [5, 5.41) is 19.9. The number of likely N-dealkylation sites (tertiary alicyclic amines) is 1. The lowest BCUT2D eigenvalue weighted by atomic mass is 9.93. The smallest absolute Gasteiger partial charge is 0.303 e. The summed E-state index contributed by atoms with van der Waals surface area (Å²) in [5.41, 5.74) is 0. The van der Waals surface area contributed by atoms with Crippen LogP contribution in [0.1, 0.15) is 33.6 Å². The highest BCUT2D eigenvalue weighted by molar-refractivity contribution is 5.67. The van der Waals surface area contributed by atoms with Crippen LogP contribution < -0.4 is 0 Å². The second-order valence-electron chi connectivity index (χ2n) is 5.31. The molecule has 7 heteroatoms. The second kappa shape index (κ2) is 8.31. The van der Waals surface area contributed by atoms with Gasteiger partial charge in [-0.3, -0.25) is 14.5 Å². The van der Waals surface area contributed by atoms with Crippen LogP contribution in [0.2, 0.25) is 0 Å². The van der Waals surface area contributed by atoms with Crippen molar-refractivity contribution in [3.8, 4) is 0 Å². The highest BCUT2D eigenvalue weighted by Crippen LogP contribution is 2.24. The van der Waals surface area contributed by atoms with Gasteiger partial charge in [0.25, 0.3) is 0 Å². The van der Waals surface area contributed by atoms with Gasteiger partial charge < -0.3 is 19.7 Å². The lowest BCUT2D eigenvalue weighted by Gasteiger charge is -2.45. The molecule has 0 amide bonds. The third kappa shape index (κ3) is 4.94. The van der Waals surface area contributed by atoms with Crippen molar-refractivity contribution in [1.29, 1.82) is 0 Å². The van der Waals surface area contributed by atoms with E-state index in [2.05, 4.69) is 0 Å². The molecule has 0 aromatic rings. The van der Waals surface area contributed by atoms with Crippen LogP contribution in [0.3, 0.4) is 0 Å². The molecule has 2 N–H and O–H groups in total. The average molecular weight is 303 g/mol. The van der Waals surface area contributed by atoms with Crippen LogP contribution in [-0.2, 0) is 19.1 Å². The van der Waals surface area contributed by atoms with E-state index in [1.54, 1.807) is 0 Å². The van der Waals surface area contributed by atoms with Crippen LogP contribution in [0.25, 0.3) is 0 Å². The minimum Gasteiger partial charge on any atom is -0.457 e. The number of rotatable bonds is 6. The van der Waals surface area contributed by atoms with Crippen LogP contribution in [0, 0.1) is 0 Å². The summed E-state index contributed by atoms with van der Waals surface area (Å²) in [6, 6.07) is -0.535. The maximum absolute atomic E-state index is 11.2. The van der Waals surface area contributed by atoms with Gasteiger partial charge in [-0.05, 0) is 13.0 Å². The Morgan fingerprint density at radius 1 is 1.24 bits per heavy atom. The minimum absolute atomic E-state index is 0.255. The van der Waals surface area contributed by atoms with Crippen molar-refractivity contribution >= 4 is 11.9 Å². The first-order valence-electron chi connectivity index (χ1n) is 7.28. The first-order chi connectivity index (χ1) is 9.90. The fraction of sp³-hybridized carbons (Fsp3) is 0.857. The highest BCUT2D eigenvalue weighted by atomic mass is 16.6. The standard InChI is InChI=1S/C14H25NO6/c1-4-5-6-15-7-12(20-9(2)17)14(21-10(3)18)13(19)11(15)8-16/h11-14,16,19H,4-8H2,1-3H3/t11-,12+,13-,14-/m1/s1. The molecular formula is C14H25NO6. The number of piperidine rings is 1. The molecule has 1 aliphatic rings. The summed E-state index contributed by atoms with van der Waals surface area (Å²) in [6.45, 7) is 5.28. The van der Waals surface area contributed by atoms with Crippen molar-refractivity contribution in [2.24, 2.45) is 0 Å². The van der Waals surface area contributed by atoms with E-state index in [9.17, 15) is 19.8 Å². The zero-order chi connectivity index (χ0) is 16.0. The summed E-state index contributed by atoms with van der Waals surface area (Å²) in [4.78, 5) is 24.3. The van der Waals surface area contributed by atoms with E-state index >= 15 is 0 Å². The molecule has 0 aromatic carbocycles. The third-order valence-electron chi connectivity index (χ3n) is 3.59. The SMILES string of the molecule is CCCCN1C[C@H](OC(C)=O)[C@@H](OC(C)=O)[C@H](O)[C@H]1CO. The quantitative estimate of drug-likeness (QED) is 0.650. The Morgan fingerprint density at radius 2 is 1.86 bits per heavy atom. The summed E-state index contributed by atoms with van der Waals surface area (Å²) in [7, 11) is 0. The van der Waals surface area contributed by atoms with E-state index in [0.29, 0.717) is 13.1 Å². The Balaban J connectivity index is 2.90. The molecule has 1 fully saturated rings. The fourth-order valence-electron chi connectivity index (χ4n) is 2.62. The van der Waals surface area contributed by atoms with Gasteiger partial charge in [0.05, 0.1) is 12.6 Å². The number of aliphatic hydroxyl groups is 2. The van der Waals surface area contributed by atoms with Gasteiger partial charge in [-0.1, -0.05) is 13.3 Å². The summed E-state index contributed by atoms with van der Waals surface area (Å²) in [5.74, 6) is -1.06. The maximum Gasteiger partial charge on any atom is 0.303 e. The van der Waals surface area contributed by atoms with Crippen molar-refractivity contribution in [3.05, 3.63) is 0 Å². The van der Waals surface area contributed by atoms with Crippen molar-refractivity contribution in [2.75, 3.05) is 19.7 Å². The molecule has 1 heterocycles. The molecular weight excluding hydrogens is 278 g/mol. The number of aliphatic hydroxyl groups excluding tert-OH is 2. The van der Waals surface area contributed by atoms with E-state index in [1.165, 1.54) is 13.8 Å². The van der Waals surface area contributed by atoms with E-state index in [4.69, 9.17) is 9.47 Å². The molecule has 0 aromatic heterocycles. The number of unbranched alkanes of at least 4 members (excludes halogenated alkanes) is 1. The Bertz CT molecular complexity index is 361. The van der Waals surface area contributed by atoms with Crippen molar-refractivity contribution in [3.63, 3.8) is 0 Å². The molecule has 7 nitrogen and oxygen atoms in total. The molecule has 1 aliphatic heterocycles. The topological polar surface area (TPSA) is 96.3 Å². The van der Waals surface area contributed by atoms with Crippen molar-refractivity contribution in [1.82, 2.24) is 4.90 Å². The molecule has 0 radical (unpaired) electrons. The first-order valence-corrected chi connectivity index (χ1v) is 7.28. The van der Waals surface area contributed by atoms with Crippen LogP contribution in [0.4, 0.5) is 0 Å². The average Bonchev–Trinajstić information content (AvgIpc) is 2.39. The molecule has 0 unspecified atom stereocenters. The zero-order valence-corrected chi connectivity index (χ0v) is 12.8. The van der Waals surface area contributed by atoms with Crippen LogP contribution >= 0.6 is 0 Å². The Hall–Kier alpha value is -1.18. The lowest BCUT2D eigenvalue weighted by Crippen LogP contribution is -2.64. The largest absolute Gasteiger partial charge is 0.457 e. The third-order valence-corrected chi connectivity index (χ3v) is 3.59. The van der Waals surface area contributed by atoms with Gasteiger partial charge in [0.1, 0.15) is 6.10 Å². The van der Waals surface area contributed by atoms with Gasteiger partial charge in [0.15, 0.2) is 12.2 Å². The second-order valence-corrected chi connectivity index (χ2v) is 5.31. The fourth-order valence-corrected chi connectivity index (χ4v) is 2.62. The van der Waals surface area contributed by atoms with Gasteiger partial charge in [0, 0.05) is 20.4 Å². The van der Waals surface area contributed by atoms with Gasteiger partial charge >= 0.3 is 11.9 Å². The predicted octanol–water partition coefficient (Wildman–Crippen LogP) is -0.313. The number of esters is 2. The molecule has 1 rings (SSSR count). The van der Waals surface area contributed by atoms with Crippen LogP contribution in [0.5, 0.6) is 0 Å². The Kier molecular flexibility index (Phi) is 7.07.